The van der Waals surface area contributed by atoms with Crippen molar-refractivity contribution in [2.24, 2.45) is 0 Å². The maximum Gasteiger partial charge on any atom is 0.485 e. The third kappa shape index (κ3) is 15.3. The highest BCUT2D eigenvalue weighted by Crippen LogP contribution is 2.21. The highest BCUT2D eigenvalue weighted by molar-refractivity contribution is 7.86. The predicted octanol–water partition coefficient (Wildman–Crippen LogP) is 3.38. The van der Waals surface area contributed by atoms with Crippen LogP contribution in [-0.2, 0) is 20.2 Å². The molecule has 0 bridgehead atoms. The van der Waals surface area contributed by atoms with Crippen molar-refractivity contribution >= 4 is 20.2 Å². The Hall–Kier alpha value is -0.680. The molecule has 8 nitrogen and oxygen atoms in total. The lowest BCUT2D eigenvalue weighted by Gasteiger charge is -2.28. The summed E-state index contributed by atoms with van der Waals surface area (Å²) in [6.07, 6.45) is 8.51. The number of rotatable bonds is 4. The smallest absolute Gasteiger partial charge is 0.485 e. The first kappa shape index (κ1) is 35.5. The number of likely N-dealkylation sites (tertiary alicyclic amines) is 2. The van der Waals surface area contributed by atoms with Crippen LogP contribution >= 0.6 is 0 Å². The van der Waals surface area contributed by atoms with Crippen LogP contribution in [0.25, 0.3) is 0 Å². The number of nitrogens with zero attached hydrogens (tertiary/aromatic N) is 2. The fraction of sp³-hybridized carbons (Fsp3) is 1.00. The summed E-state index contributed by atoms with van der Waals surface area (Å²) in [6, 6.07) is 0. The molecule has 0 N–H and O–H groups in total. The quantitative estimate of drug-likeness (QED) is 0.228. The summed E-state index contributed by atoms with van der Waals surface area (Å²) < 4.78 is 120. The maximum atomic E-state index is 10.7. The number of hydrogen-bond acceptors (Lipinski definition) is 6. The van der Waals surface area contributed by atoms with Gasteiger partial charge in [-0.05, 0) is 12.8 Å². The molecule has 208 valence electrons. The molecule has 0 amide bonds. The summed E-state index contributed by atoms with van der Waals surface area (Å²) in [4.78, 5) is 0. The lowest BCUT2D eigenvalue weighted by molar-refractivity contribution is -0.897. The minimum atomic E-state index is -6.09. The summed E-state index contributed by atoms with van der Waals surface area (Å²) in [7, 11) is -7.41. The molecule has 2 aliphatic rings. The highest BCUT2D eigenvalue weighted by atomic mass is 32.2. The van der Waals surface area contributed by atoms with E-state index in [0.717, 1.165) is 0 Å². The van der Waals surface area contributed by atoms with Gasteiger partial charge in [-0.3, -0.25) is 0 Å². The van der Waals surface area contributed by atoms with Crippen molar-refractivity contribution in [1.29, 1.82) is 0 Å². The molecule has 34 heavy (non-hydrogen) atoms. The van der Waals surface area contributed by atoms with Crippen LogP contribution in [0.5, 0.6) is 0 Å². The summed E-state index contributed by atoms with van der Waals surface area (Å²) in [5.74, 6) is 0. The van der Waals surface area contributed by atoms with E-state index in [9.17, 15) is 26.3 Å². The van der Waals surface area contributed by atoms with Crippen molar-refractivity contribution in [3.63, 3.8) is 0 Å². The molecule has 2 heterocycles. The SMILES string of the molecule is CCC[N+]1(C)CCCC1.CCC[N+]1(C)CCCC1.O=S(=O)([O-])C(F)(F)F.O=S(=O)([O-])C(F)(F)F. The lowest BCUT2D eigenvalue weighted by Crippen LogP contribution is -2.41. The van der Waals surface area contributed by atoms with E-state index in [4.69, 9.17) is 25.9 Å². The predicted molar refractivity (Wildman–Crippen MR) is 112 cm³/mol. The maximum absolute atomic E-state index is 10.7. The number of alkyl halides is 6. The molecule has 0 spiro atoms. The molecule has 16 heteroatoms. The van der Waals surface area contributed by atoms with Gasteiger partial charge in [0.25, 0.3) is 0 Å². The first-order chi connectivity index (χ1) is 15.0. The van der Waals surface area contributed by atoms with Crippen molar-refractivity contribution in [2.45, 2.75) is 63.4 Å². The zero-order chi connectivity index (χ0) is 27.5. The van der Waals surface area contributed by atoms with E-state index in [0.29, 0.717) is 0 Å². The minimum absolute atomic E-state index is 1.34. The van der Waals surface area contributed by atoms with Crippen LogP contribution in [-0.4, -0.2) is 99.3 Å². The molecule has 0 atom stereocenters. The van der Waals surface area contributed by atoms with E-state index in [1.807, 2.05) is 0 Å². The number of halogens is 6. The molecule has 2 saturated heterocycles. The van der Waals surface area contributed by atoms with Crippen molar-refractivity contribution in [3.05, 3.63) is 0 Å². The Kier molecular flexibility index (Phi) is 14.8. The molecule has 2 fully saturated rings. The molecule has 2 aliphatic heterocycles. The van der Waals surface area contributed by atoms with Crippen LogP contribution in [0.4, 0.5) is 26.3 Å². The van der Waals surface area contributed by atoms with Crippen molar-refractivity contribution in [2.75, 3.05) is 53.4 Å². The second kappa shape index (κ2) is 14.2. The van der Waals surface area contributed by atoms with Crippen LogP contribution in [0.2, 0.25) is 0 Å². The van der Waals surface area contributed by atoms with E-state index < -0.39 is 31.3 Å². The molecule has 0 radical (unpaired) electrons. The third-order valence-corrected chi connectivity index (χ3v) is 6.52. The molecular formula is C18H36F6N2O6S2. The van der Waals surface area contributed by atoms with Gasteiger partial charge in [-0.2, -0.15) is 26.3 Å². The van der Waals surface area contributed by atoms with Crippen molar-refractivity contribution in [1.82, 2.24) is 0 Å². The second-order valence-electron chi connectivity index (χ2n) is 8.79. The van der Waals surface area contributed by atoms with E-state index in [2.05, 4.69) is 27.9 Å². The summed E-state index contributed by atoms with van der Waals surface area (Å²) >= 11 is 0. The lowest BCUT2D eigenvalue weighted by atomic mass is 10.4. The van der Waals surface area contributed by atoms with Gasteiger partial charge >= 0.3 is 11.0 Å². The van der Waals surface area contributed by atoms with E-state index >= 15 is 0 Å². The van der Waals surface area contributed by atoms with Gasteiger partial charge in [0, 0.05) is 25.7 Å². The van der Waals surface area contributed by atoms with Gasteiger partial charge in [0.05, 0.1) is 53.4 Å². The Bertz CT molecular complexity index is 708. The van der Waals surface area contributed by atoms with Crippen molar-refractivity contribution < 1.29 is 61.2 Å². The zero-order valence-corrected chi connectivity index (χ0v) is 21.5. The molecule has 2 rings (SSSR count). The third-order valence-electron chi connectivity index (χ3n) is 5.39. The number of hydrogen-bond donors (Lipinski definition) is 0. The van der Waals surface area contributed by atoms with Crippen LogP contribution in [0.3, 0.4) is 0 Å². The van der Waals surface area contributed by atoms with Gasteiger partial charge < -0.3 is 18.1 Å². The normalized spacial score (nSPS) is 19.6. The monoisotopic (exact) mass is 554 g/mol. The Labute approximate surface area is 198 Å². The number of quaternary nitrogens is 2. The summed E-state index contributed by atoms with van der Waals surface area (Å²) in [6.45, 7) is 13.0. The van der Waals surface area contributed by atoms with Gasteiger partial charge in [0.15, 0.2) is 20.2 Å². The van der Waals surface area contributed by atoms with Crippen LogP contribution in [0.15, 0.2) is 0 Å². The zero-order valence-electron chi connectivity index (χ0n) is 19.9. The van der Waals surface area contributed by atoms with Crippen LogP contribution < -0.4 is 0 Å². The molecule has 0 saturated carbocycles. The highest BCUT2D eigenvalue weighted by Gasteiger charge is 2.37. The van der Waals surface area contributed by atoms with Gasteiger partial charge in [-0.1, -0.05) is 13.8 Å². The van der Waals surface area contributed by atoms with Gasteiger partial charge in [0.1, 0.15) is 0 Å². The van der Waals surface area contributed by atoms with Gasteiger partial charge in [-0.15, -0.1) is 0 Å². The Morgan fingerprint density at radius 1 is 0.618 bits per heavy atom. The fourth-order valence-electron chi connectivity index (χ4n) is 3.72. The molecular weight excluding hydrogens is 518 g/mol. The fourth-order valence-corrected chi connectivity index (χ4v) is 3.72. The summed E-state index contributed by atoms with van der Waals surface area (Å²) in [5.41, 5.74) is -11.3. The molecule has 0 unspecified atom stereocenters. The Morgan fingerprint density at radius 3 is 0.912 bits per heavy atom. The average molecular weight is 555 g/mol. The molecule has 0 aromatic heterocycles. The Balaban J connectivity index is 0. The standard InChI is InChI=1S/2C8H18N.2CHF3O3S/c2*1-3-6-9(2)7-4-5-8-9;2*2-1(3,4)8(5,6)7/h2*3-8H2,1-2H3;2*(H,5,6,7)/q2*+1;;/p-2. The molecule has 0 aliphatic carbocycles. The molecule has 0 aromatic carbocycles. The van der Waals surface area contributed by atoms with Crippen molar-refractivity contribution in [3.8, 4) is 0 Å². The topological polar surface area (TPSA) is 114 Å². The largest absolute Gasteiger partial charge is 0.741 e. The van der Waals surface area contributed by atoms with E-state index in [1.54, 1.807) is 0 Å². The van der Waals surface area contributed by atoms with E-state index in [1.165, 1.54) is 86.8 Å². The second-order valence-corrected chi connectivity index (χ2v) is 11.5. The molecule has 0 aromatic rings. The average Bonchev–Trinajstić information content (AvgIpc) is 3.22. The van der Waals surface area contributed by atoms with Crippen LogP contribution in [0, 0.1) is 0 Å². The van der Waals surface area contributed by atoms with Gasteiger partial charge in [-0.25, -0.2) is 16.8 Å². The summed E-state index contributed by atoms with van der Waals surface area (Å²) in [5, 5.41) is 0. The minimum Gasteiger partial charge on any atom is -0.741 e. The first-order valence-electron chi connectivity index (χ1n) is 10.7. The van der Waals surface area contributed by atoms with Gasteiger partial charge in [0.2, 0.25) is 0 Å². The van der Waals surface area contributed by atoms with E-state index in [-0.39, 0.29) is 0 Å². The van der Waals surface area contributed by atoms with Crippen LogP contribution in [0.1, 0.15) is 52.4 Å². The first-order valence-corrected chi connectivity index (χ1v) is 13.6. The Morgan fingerprint density at radius 2 is 0.794 bits per heavy atom.